The highest BCUT2D eigenvalue weighted by molar-refractivity contribution is 7.13. The summed E-state index contributed by atoms with van der Waals surface area (Å²) in [5, 5.41) is 0.821. The molecule has 4 aromatic rings. The van der Waals surface area contributed by atoms with Gasteiger partial charge in [-0.3, -0.25) is 9.69 Å². The van der Waals surface area contributed by atoms with E-state index in [1.807, 2.05) is 42.2 Å². The van der Waals surface area contributed by atoms with Crippen molar-refractivity contribution in [3.8, 4) is 5.75 Å². The molecule has 1 saturated heterocycles. The van der Waals surface area contributed by atoms with Crippen LogP contribution in [-0.4, -0.2) is 46.9 Å². The van der Waals surface area contributed by atoms with Crippen LogP contribution in [0.1, 0.15) is 37.5 Å². The number of amides is 1. The van der Waals surface area contributed by atoms with E-state index < -0.39 is 0 Å². The number of aryl methyl sites for hydroxylation is 1. The first-order valence-electron chi connectivity index (χ1n) is 12.0. The highest BCUT2D eigenvalue weighted by atomic mass is 32.1. The van der Waals surface area contributed by atoms with E-state index in [4.69, 9.17) is 4.74 Å². The van der Waals surface area contributed by atoms with Crippen LogP contribution in [0.5, 0.6) is 5.75 Å². The van der Waals surface area contributed by atoms with Crippen molar-refractivity contribution in [1.82, 2.24) is 14.8 Å². The Hall–Kier alpha value is -3.48. The molecule has 1 aromatic heterocycles. The predicted octanol–water partition coefficient (Wildman–Crippen LogP) is 5.58. The summed E-state index contributed by atoms with van der Waals surface area (Å²) < 4.78 is 5.83. The van der Waals surface area contributed by atoms with Crippen molar-refractivity contribution in [3.63, 3.8) is 0 Å². The van der Waals surface area contributed by atoms with Crippen LogP contribution >= 0.6 is 11.3 Å². The smallest absolute Gasteiger partial charge is 0.265 e. The van der Waals surface area contributed by atoms with Crippen LogP contribution in [-0.2, 0) is 6.61 Å². The Morgan fingerprint density at radius 2 is 1.40 bits per heavy atom. The Labute approximate surface area is 210 Å². The third-order valence-electron chi connectivity index (χ3n) is 6.34. The molecule has 178 valence electrons. The molecule has 0 aliphatic carbocycles. The van der Waals surface area contributed by atoms with Crippen LogP contribution in [0, 0.1) is 6.92 Å². The van der Waals surface area contributed by atoms with Crippen LogP contribution < -0.4 is 4.74 Å². The fourth-order valence-corrected chi connectivity index (χ4v) is 5.53. The average molecular weight is 484 g/mol. The first kappa shape index (κ1) is 23.3. The van der Waals surface area contributed by atoms with Crippen LogP contribution in [0.2, 0.25) is 0 Å². The molecule has 0 atom stereocenters. The summed E-state index contributed by atoms with van der Waals surface area (Å²) in [6, 6.07) is 31.1. The Bertz CT molecular complexity index is 1200. The van der Waals surface area contributed by atoms with Gasteiger partial charge in [-0.2, -0.15) is 0 Å². The van der Waals surface area contributed by atoms with E-state index in [2.05, 4.69) is 70.5 Å². The average Bonchev–Trinajstić information content (AvgIpc) is 3.30. The molecule has 0 bridgehead atoms. The van der Waals surface area contributed by atoms with Crippen LogP contribution in [0.15, 0.2) is 91.0 Å². The van der Waals surface area contributed by atoms with E-state index in [1.54, 1.807) is 0 Å². The maximum atomic E-state index is 13.4. The topological polar surface area (TPSA) is 45.7 Å². The molecular weight excluding hydrogens is 454 g/mol. The molecule has 5 rings (SSSR count). The van der Waals surface area contributed by atoms with Gasteiger partial charge < -0.3 is 9.64 Å². The van der Waals surface area contributed by atoms with E-state index in [-0.39, 0.29) is 11.9 Å². The number of carbonyl (C=O) groups is 1. The Morgan fingerprint density at radius 1 is 0.857 bits per heavy atom. The van der Waals surface area contributed by atoms with Crippen LogP contribution in [0.25, 0.3) is 0 Å². The Kier molecular flexibility index (Phi) is 7.21. The maximum Gasteiger partial charge on any atom is 0.265 e. The molecule has 6 heteroatoms. The molecule has 1 aliphatic heterocycles. The number of hydrogen-bond donors (Lipinski definition) is 0. The van der Waals surface area contributed by atoms with Crippen molar-refractivity contribution in [2.45, 2.75) is 19.6 Å². The molecule has 35 heavy (non-hydrogen) atoms. The zero-order chi connectivity index (χ0) is 24.0. The number of thiazole rings is 1. The third-order valence-corrected chi connectivity index (χ3v) is 7.46. The molecule has 0 unspecified atom stereocenters. The van der Waals surface area contributed by atoms with Gasteiger partial charge in [-0.1, -0.05) is 78.9 Å². The SMILES string of the molecule is Cc1nc(COc2ccccc2)sc1C(=O)N1CCN(C(c2ccccc2)c2ccccc2)CC1. The lowest BCUT2D eigenvalue weighted by Gasteiger charge is -2.39. The quantitative estimate of drug-likeness (QED) is 0.344. The third kappa shape index (κ3) is 5.45. The zero-order valence-corrected chi connectivity index (χ0v) is 20.7. The lowest BCUT2D eigenvalue weighted by Crippen LogP contribution is -2.49. The van der Waals surface area contributed by atoms with E-state index >= 15 is 0 Å². The number of piperazine rings is 1. The van der Waals surface area contributed by atoms with E-state index in [1.165, 1.54) is 22.5 Å². The summed E-state index contributed by atoms with van der Waals surface area (Å²) in [7, 11) is 0. The molecule has 0 saturated carbocycles. The first-order valence-corrected chi connectivity index (χ1v) is 12.8. The van der Waals surface area contributed by atoms with Gasteiger partial charge in [0, 0.05) is 26.2 Å². The van der Waals surface area contributed by atoms with E-state index in [9.17, 15) is 4.79 Å². The van der Waals surface area contributed by atoms with Gasteiger partial charge >= 0.3 is 0 Å². The molecule has 2 heterocycles. The van der Waals surface area contributed by atoms with Gasteiger partial charge in [-0.05, 0) is 30.2 Å². The minimum absolute atomic E-state index is 0.0709. The number of carbonyl (C=O) groups excluding carboxylic acids is 1. The monoisotopic (exact) mass is 483 g/mol. The predicted molar refractivity (Wildman–Crippen MR) is 140 cm³/mol. The Morgan fingerprint density at radius 3 is 1.97 bits per heavy atom. The zero-order valence-electron chi connectivity index (χ0n) is 19.8. The van der Waals surface area contributed by atoms with Gasteiger partial charge in [-0.15, -0.1) is 11.3 Å². The molecule has 5 nitrogen and oxygen atoms in total. The molecule has 3 aromatic carbocycles. The normalized spacial score (nSPS) is 14.3. The number of hydrogen-bond acceptors (Lipinski definition) is 5. The largest absolute Gasteiger partial charge is 0.486 e. The maximum absolute atomic E-state index is 13.4. The molecule has 1 amide bonds. The lowest BCUT2D eigenvalue weighted by atomic mass is 9.96. The van der Waals surface area contributed by atoms with Gasteiger partial charge in [0.2, 0.25) is 0 Å². The van der Waals surface area contributed by atoms with Crippen molar-refractivity contribution < 1.29 is 9.53 Å². The fourth-order valence-electron chi connectivity index (χ4n) is 4.59. The van der Waals surface area contributed by atoms with Crippen LogP contribution in [0.3, 0.4) is 0 Å². The molecule has 1 fully saturated rings. The summed E-state index contributed by atoms with van der Waals surface area (Å²) in [5.74, 6) is 0.873. The van der Waals surface area contributed by atoms with E-state index in [0.717, 1.165) is 29.5 Å². The summed E-state index contributed by atoms with van der Waals surface area (Å²) in [6.07, 6.45) is 0. The van der Waals surface area contributed by atoms with Gasteiger partial charge in [-0.25, -0.2) is 4.98 Å². The second kappa shape index (κ2) is 10.8. The number of rotatable bonds is 7. The molecule has 0 N–H and O–H groups in total. The standard InChI is InChI=1S/C29H29N3O2S/c1-22-28(35-26(30-22)21-34-25-15-9-4-10-16-25)29(33)32-19-17-31(18-20-32)27(23-11-5-2-6-12-23)24-13-7-3-8-14-24/h2-16,27H,17-21H2,1H3. The fraction of sp³-hybridized carbons (Fsp3) is 0.241. The summed E-state index contributed by atoms with van der Waals surface area (Å²) in [4.78, 5) is 23.1. The molecule has 0 radical (unpaired) electrons. The number of nitrogens with zero attached hydrogens (tertiary/aromatic N) is 3. The van der Waals surface area contributed by atoms with Crippen molar-refractivity contribution >= 4 is 17.2 Å². The van der Waals surface area contributed by atoms with Gasteiger partial charge in [0.05, 0.1) is 11.7 Å². The number of para-hydroxylation sites is 1. The molecule has 0 spiro atoms. The van der Waals surface area contributed by atoms with Crippen molar-refractivity contribution in [1.29, 1.82) is 0 Å². The van der Waals surface area contributed by atoms with E-state index in [0.29, 0.717) is 24.6 Å². The van der Waals surface area contributed by atoms with Crippen LogP contribution in [0.4, 0.5) is 0 Å². The minimum atomic E-state index is 0.0709. The second-order valence-electron chi connectivity index (χ2n) is 8.68. The first-order chi connectivity index (χ1) is 17.2. The van der Waals surface area contributed by atoms with Crippen molar-refractivity contribution in [2.75, 3.05) is 26.2 Å². The minimum Gasteiger partial charge on any atom is -0.486 e. The van der Waals surface area contributed by atoms with Crippen molar-refractivity contribution in [3.05, 3.63) is 118 Å². The molecule has 1 aliphatic rings. The summed E-state index contributed by atoms with van der Waals surface area (Å²) >= 11 is 1.44. The Balaban J connectivity index is 1.25. The highest BCUT2D eigenvalue weighted by Crippen LogP contribution is 2.30. The van der Waals surface area contributed by atoms with Gasteiger partial charge in [0.1, 0.15) is 22.2 Å². The lowest BCUT2D eigenvalue weighted by molar-refractivity contribution is 0.0601. The number of ether oxygens (including phenoxy) is 1. The second-order valence-corrected chi connectivity index (χ2v) is 9.76. The van der Waals surface area contributed by atoms with Gasteiger partial charge in [0.25, 0.3) is 5.91 Å². The number of benzene rings is 3. The summed E-state index contributed by atoms with van der Waals surface area (Å²) in [6.45, 7) is 5.31. The molecular formula is C29H29N3O2S. The highest BCUT2D eigenvalue weighted by Gasteiger charge is 2.30. The summed E-state index contributed by atoms with van der Waals surface area (Å²) in [5.41, 5.74) is 3.33. The number of aromatic nitrogens is 1. The van der Waals surface area contributed by atoms with Gasteiger partial charge in [0.15, 0.2) is 0 Å². The van der Waals surface area contributed by atoms with Crippen molar-refractivity contribution in [2.24, 2.45) is 0 Å².